The molecule has 3 unspecified atom stereocenters. The van der Waals surface area contributed by atoms with Gasteiger partial charge in [0.15, 0.2) is 0 Å². The van der Waals surface area contributed by atoms with Crippen molar-refractivity contribution in [3.63, 3.8) is 0 Å². The van der Waals surface area contributed by atoms with E-state index in [-0.39, 0.29) is 31.3 Å². The van der Waals surface area contributed by atoms with E-state index in [9.17, 15) is 19.8 Å². The highest BCUT2D eigenvalue weighted by molar-refractivity contribution is 5.77. The van der Waals surface area contributed by atoms with Crippen LogP contribution in [0.15, 0.2) is 109 Å². The van der Waals surface area contributed by atoms with Crippen molar-refractivity contribution in [1.82, 2.24) is 5.32 Å². The molecular formula is C62H105NO5. The van der Waals surface area contributed by atoms with Crippen LogP contribution in [0.2, 0.25) is 0 Å². The Morgan fingerprint density at radius 2 is 0.868 bits per heavy atom. The summed E-state index contributed by atoms with van der Waals surface area (Å²) in [4.78, 5) is 26.2. The normalized spacial score (nSPS) is 14.0. The fourth-order valence-corrected chi connectivity index (χ4v) is 7.99. The summed E-state index contributed by atoms with van der Waals surface area (Å²) in [5.41, 5.74) is 0. The topological polar surface area (TPSA) is 95.9 Å². The summed E-state index contributed by atoms with van der Waals surface area (Å²) in [6.07, 6.45) is 74.5. The third kappa shape index (κ3) is 49.0. The van der Waals surface area contributed by atoms with Gasteiger partial charge in [-0.15, -0.1) is 0 Å². The molecule has 6 nitrogen and oxygen atoms in total. The maximum absolute atomic E-state index is 13.2. The van der Waals surface area contributed by atoms with Crippen LogP contribution in [0.3, 0.4) is 0 Å². The van der Waals surface area contributed by atoms with Crippen molar-refractivity contribution in [2.24, 2.45) is 0 Å². The number of carbonyl (C=O) groups excluding carboxylic acids is 2. The second-order valence-electron chi connectivity index (χ2n) is 18.6. The summed E-state index contributed by atoms with van der Waals surface area (Å²) < 4.78 is 5.90. The first kappa shape index (κ1) is 64.5. The smallest absolute Gasteiger partial charge is 0.306 e. The van der Waals surface area contributed by atoms with Crippen LogP contribution in [0.1, 0.15) is 245 Å². The molecule has 0 radical (unpaired) electrons. The number of hydrogen-bond acceptors (Lipinski definition) is 5. The highest BCUT2D eigenvalue weighted by Crippen LogP contribution is 2.17. The van der Waals surface area contributed by atoms with Gasteiger partial charge in [0.05, 0.1) is 25.2 Å². The summed E-state index contributed by atoms with van der Waals surface area (Å²) in [6.45, 7) is 6.23. The van der Waals surface area contributed by atoms with Gasteiger partial charge in [-0.25, -0.2) is 0 Å². The van der Waals surface area contributed by atoms with Crippen molar-refractivity contribution in [3.05, 3.63) is 109 Å². The van der Waals surface area contributed by atoms with Crippen LogP contribution in [-0.4, -0.2) is 46.9 Å². The first-order valence-corrected chi connectivity index (χ1v) is 28.1. The van der Waals surface area contributed by atoms with Crippen LogP contribution in [0.5, 0.6) is 0 Å². The molecule has 3 atom stereocenters. The van der Waals surface area contributed by atoms with Gasteiger partial charge < -0.3 is 20.3 Å². The molecule has 0 aromatic rings. The lowest BCUT2D eigenvalue weighted by atomic mass is 10.0. The number of aliphatic hydroxyl groups is 2. The van der Waals surface area contributed by atoms with Crippen LogP contribution in [0.25, 0.3) is 0 Å². The third-order valence-corrected chi connectivity index (χ3v) is 12.2. The Kier molecular flexibility index (Phi) is 51.7. The number of allylic oxidation sites excluding steroid dienone is 18. The lowest BCUT2D eigenvalue weighted by Crippen LogP contribution is -2.46. The van der Waals surface area contributed by atoms with E-state index in [1.165, 1.54) is 89.9 Å². The van der Waals surface area contributed by atoms with Crippen molar-refractivity contribution in [2.45, 2.75) is 264 Å². The number of amides is 1. The Hall–Kier alpha value is -3.48. The SMILES string of the molecule is CC/C=C\C/C=C\C/C=C\C/C=C\C/C=C\C/C=C\CCC(=O)OC(CCCCCCC/C=C/C=C/C=C/CC)CC(=O)NC(CO)C(O)CCCCCCCCCCCCCCCCCCC. The molecule has 0 bridgehead atoms. The Bertz CT molecular complexity index is 1380. The lowest BCUT2D eigenvalue weighted by molar-refractivity contribution is -0.150. The van der Waals surface area contributed by atoms with Gasteiger partial charge in [-0.1, -0.05) is 259 Å². The molecule has 0 aromatic carbocycles. The lowest BCUT2D eigenvalue weighted by Gasteiger charge is -2.24. The molecule has 0 aliphatic rings. The minimum Gasteiger partial charge on any atom is -0.462 e. The van der Waals surface area contributed by atoms with Crippen LogP contribution >= 0.6 is 0 Å². The van der Waals surface area contributed by atoms with Crippen LogP contribution in [0, 0.1) is 0 Å². The fourth-order valence-electron chi connectivity index (χ4n) is 7.99. The summed E-state index contributed by atoms with van der Waals surface area (Å²) >= 11 is 0. The number of unbranched alkanes of at least 4 members (excludes halogenated alkanes) is 21. The van der Waals surface area contributed by atoms with Crippen LogP contribution in [0.4, 0.5) is 0 Å². The van der Waals surface area contributed by atoms with Gasteiger partial charge in [-0.3, -0.25) is 9.59 Å². The van der Waals surface area contributed by atoms with Crippen LogP contribution in [-0.2, 0) is 14.3 Å². The molecular weight excluding hydrogens is 839 g/mol. The molecule has 0 heterocycles. The highest BCUT2D eigenvalue weighted by Gasteiger charge is 2.24. The summed E-state index contributed by atoms with van der Waals surface area (Å²) in [5, 5.41) is 23.9. The number of ether oxygens (including phenoxy) is 1. The standard InChI is InChI=1S/C62H105NO5/c1-4-7-10-13-16-19-22-25-27-29-30-32-34-37-40-43-46-49-52-55-62(67)68-58(53-50-47-44-41-38-35-24-21-18-15-12-9-6-3)56-61(66)63-59(57-64)60(65)54-51-48-45-42-39-36-33-31-28-26-23-20-17-14-11-8-5-2/h7,9-10,12,15-16,18-19,21,24-25,27,30,32,37,40,46,49,58-60,64-65H,4-6,8,11,13-14,17,20,22-23,26,28-29,31,33-36,38-39,41-45,47-48,50-57H2,1-3H3,(H,63,66)/b10-7-,12-9+,18-15+,19-16-,24-21+,27-25-,32-30-,40-37-,49-46-. The van der Waals surface area contributed by atoms with Crippen molar-refractivity contribution >= 4 is 11.9 Å². The molecule has 0 fully saturated rings. The van der Waals surface area contributed by atoms with Gasteiger partial charge in [0.2, 0.25) is 5.91 Å². The van der Waals surface area contributed by atoms with Gasteiger partial charge in [0.25, 0.3) is 0 Å². The Balaban J connectivity index is 4.66. The highest BCUT2D eigenvalue weighted by atomic mass is 16.5. The molecule has 6 heteroatoms. The summed E-state index contributed by atoms with van der Waals surface area (Å²) in [7, 11) is 0. The largest absolute Gasteiger partial charge is 0.462 e. The number of carbonyl (C=O) groups is 2. The van der Waals surface area contributed by atoms with Gasteiger partial charge in [0.1, 0.15) is 6.10 Å². The zero-order chi connectivity index (χ0) is 49.5. The second-order valence-corrected chi connectivity index (χ2v) is 18.6. The molecule has 3 N–H and O–H groups in total. The molecule has 68 heavy (non-hydrogen) atoms. The van der Waals surface area contributed by atoms with Crippen molar-refractivity contribution in [3.8, 4) is 0 Å². The molecule has 1 amide bonds. The first-order valence-electron chi connectivity index (χ1n) is 28.1. The monoisotopic (exact) mass is 944 g/mol. The molecule has 0 spiro atoms. The van der Waals surface area contributed by atoms with E-state index in [1.54, 1.807) is 0 Å². The molecule has 0 aliphatic carbocycles. The first-order chi connectivity index (χ1) is 33.5. The minimum absolute atomic E-state index is 0.0275. The van der Waals surface area contributed by atoms with Crippen LogP contribution < -0.4 is 5.32 Å². The Morgan fingerprint density at radius 3 is 1.34 bits per heavy atom. The maximum Gasteiger partial charge on any atom is 0.306 e. The molecule has 0 aliphatic heterocycles. The fraction of sp³-hybridized carbons (Fsp3) is 0.677. The predicted octanol–water partition coefficient (Wildman–Crippen LogP) is 17.5. The second kappa shape index (κ2) is 54.5. The zero-order valence-electron chi connectivity index (χ0n) is 44.2. The number of hydrogen-bond donors (Lipinski definition) is 3. The quantitative estimate of drug-likeness (QED) is 0.0244. The maximum atomic E-state index is 13.2. The average molecular weight is 945 g/mol. The molecule has 388 valence electrons. The summed E-state index contributed by atoms with van der Waals surface area (Å²) in [6, 6.07) is -0.731. The van der Waals surface area contributed by atoms with Crippen molar-refractivity contribution in [2.75, 3.05) is 6.61 Å². The Labute approximate surface area is 419 Å². The average Bonchev–Trinajstić information content (AvgIpc) is 3.33. The van der Waals surface area contributed by atoms with E-state index in [0.29, 0.717) is 19.3 Å². The molecule has 0 aromatic heterocycles. The van der Waals surface area contributed by atoms with E-state index < -0.39 is 18.2 Å². The minimum atomic E-state index is -0.813. The number of rotatable bonds is 49. The van der Waals surface area contributed by atoms with E-state index in [1.807, 2.05) is 6.08 Å². The van der Waals surface area contributed by atoms with E-state index in [0.717, 1.165) is 103 Å². The predicted molar refractivity (Wildman–Crippen MR) is 296 cm³/mol. The van der Waals surface area contributed by atoms with Crippen molar-refractivity contribution in [1.29, 1.82) is 0 Å². The van der Waals surface area contributed by atoms with Gasteiger partial charge in [0, 0.05) is 6.42 Å². The Morgan fingerprint density at radius 1 is 0.456 bits per heavy atom. The van der Waals surface area contributed by atoms with E-state index in [4.69, 9.17) is 4.74 Å². The van der Waals surface area contributed by atoms with Gasteiger partial charge >= 0.3 is 5.97 Å². The molecule has 0 saturated heterocycles. The van der Waals surface area contributed by atoms with E-state index in [2.05, 4.69) is 129 Å². The number of nitrogens with one attached hydrogen (secondary N) is 1. The summed E-state index contributed by atoms with van der Waals surface area (Å²) in [5.74, 6) is -0.600. The third-order valence-electron chi connectivity index (χ3n) is 12.2. The zero-order valence-corrected chi connectivity index (χ0v) is 44.2. The molecule has 0 saturated carbocycles. The number of esters is 1. The van der Waals surface area contributed by atoms with E-state index >= 15 is 0 Å². The van der Waals surface area contributed by atoms with Gasteiger partial charge in [-0.2, -0.15) is 0 Å². The van der Waals surface area contributed by atoms with Crippen molar-refractivity contribution < 1.29 is 24.5 Å². The molecule has 0 rings (SSSR count). The number of aliphatic hydroxyl groups excluding tert-OH is 2. The van der Waals surface area contributed by atoms with Gasteiger partial charge in [-0.05, 0) is 83.5 Å².